The molecule has 2 heterocycles. The van der Waals surface area contributed by atoms with Gasteiger partial charge in [-0.2, -0.15) is 0 Å². The maximum atomic E-state index is 11.2. The molecule has 0 aliphatic carbocycles. The van der Waals surface area contributed by atoms with Crippen molar-refractivity contribution in [2.45, 2.75) is 25.7 Å². The van der Waals surface area contributed by atoms with E-state index < -0.39 is 0 Å². The van der Waals surface area contributed by atoms with Crippen LogP contribution in [0.4, 0.5) is 5.69 Å². The first-order valence-electron chi connectivity index (χ1n) is 9.79. The van der Waals surface area contributed by atoms with Crippen LogP contribution in [-0.2, 0) is 4.79 Å². The lowest BCUT2D eigenvalue weighted by atomic mass is 9.95. The maximum Gasteiger partial charge on any atom is 0.217 e. The topological polar surface area (TPSA) is 74.0 Å². The first-order chi connectivity index (χ1) is 13.0. The summed E-state index contributed by atoms with van der Waals surface area (Å²) in [6.07, 6.45) is 3.81. The van der Waals surface area contributed by atoms with Gasteiger partial charge in [0.15, 0.2) is 5.96 Å². The van der Waals surface area contributed by atoms with Crippen molar-refractivity contribution >= 4 is 57.5 Å². The number of nitrogens with two attached hydrogens (primary N) is 1. The SMILES string of the molecule is CN=C(NCC1CCN(c2ccc(Br)cc2)C1)N1CCCC(CC(N)=O)C1.I. The zero-order valence-corrected chi connectivity index (χ0v) is 20.4. The van der Waals surface area contributed by atoms with Crippen molar-refractivity contribution in [3.63, 3.8) is 0 Å². The summed E-state index contributed by atoms with van der Waals surface area (Å²) in [6, 6.07) is 8.54. The molecule has 0 aromatic heterocycles. The number of primary amides is 1. The Morgan fingerprint density at radius 3 is 2.64 bits per heavy atom. The summed E-state index contributed by atoms with van der Waals surface area (Å²) >= 11 is 3.50. The number of carbonyl (C=O) groups is 1. The summed E-state index contributed by atoms with van der Waals surface area (Å²) in [7, 11) is 1.84. The normalized spacial score (nSPS) is 22.7. The fraction of sp³-hybridized carbons (Fsp3) is 0.600. The number of hydrogen-bond acceptors (Lipinski definition) is 3. The Kier molecular flexibility index (Phi) is 9.33. The molecule has 2 atom stereocenters. The highest BCUT2D eigenvalue weighted by molar-refractivity contribution is 14.0. The second kappa shape index (κ2) is 11.2. The maximum absolute atomic E-state index is 11.2. The van der Waals surface area contributed by atoms with Crippen molar-refractivity contribution in [3.8, 4) is 0 Å². The van der Waals surface area contributed by atoms with E-state index in [4.69, 9.17) is 5.73 Å². The van der Waals surface area contributed by atoms with Crippen molar-refractivity contribution in [1.82, 2.24) is 10.2 Å². The van der Waals surface area contributed by atoms with E-state index in [0.717, 1.165) is 56.0 Å². The molecule has 2 fully saturated rings. The van der Waals surface area contributed by atoms with Crippen LogP contribution in [0.3, 0.4) is 0 Å². The molecule has 1 aromatic rings. The lowest BCUT2D eigenvalue weighted by Crippen LogP contribution is -2.48. The summed E-state index contributed by atoms with van der Waals surface area (Å²) in [4.78, 5) is 20.4. The molecule has 1 aromatic carbocycles. The average Bonchev–Trinajstić information content (AvgIpc) is 3.11. The standard InChI is InChI=1S/C20H30BrN5O.HI/c1-23-20(26-9-2-3-15(13-26)11-19(22)27)24-12-16-8-10-25(14-16)18-6-4-17(21)5-7-18;/h4-7,15-16H,2-3,8-14H2,1H3,(H2,22,27)(H,23,24);1H. The van der Waals surface area contributed by atoms with Gasteiger partial charge in [0, 0.05) is 56.4 Å². The Balaban J connectivity index is 0.00000280. The molecule has 2 aliphatic heterocycles. The molecule has 0 spiro atoms. The molecule has 1 amide bonds. The Hall–Kier alpha value is -1.03. The number of nitrogens with zero attached hydrogens (tertiary/aromatic N) is 3. The number of likely N-dealkylation sites (tertiary alicyclic amines) is 1. The summed E-state index contributed by atoms with van der Waals surface area (Å²) < 4.78 is 1.11. The van der Waals surface area contributed by atoms with Gasteiger partial charge in [-0.25, -0.2) is 0 Å². The number of halogens is 2. The molecule has 2 aliphatic rings. The third kappa shape index (κ3) is 6.50. The Labute approximate surface area is 193 Å². The van der Waals surface area contributed by atoms with E-state index in [9.17, 15) is 4.79 Å². The fourth-order valence-electron chi connectivity index (χ4n) is 4.16. The van der Waals surface area contributed by atoms with Crippen molar-refractivity contribution in [3.05, 3.63) is 28.7 Å². The average molecular weight is 564 g/mol. The number of aliphatic imine (C=N–C) groups is 1. The first-order valence-corrected chi connectivity index (χ1v) is 10.6. The van der Waals surface area contributed by atoms with E-state index in [1.165, 1.54) is 12.1 Å². The molecule has 2 unspecified atom stereocenters. The number of benzene rings is 1. The minimum absolute atomic E-state index is 0. The van der Waals surface area contributed by atoms with Crippen LogP contribution >= 0.6 is 39.9 Å². The van der Waals surface area contributed by atoms with Crippen molar-refractivity contribution in [1.29, 1.82) is 0 Å². The summed E-state index contributed by atoms with van der Waals surface area (Å²) in [5.74, 6) is 1.70. The number of anilines is 1. The summed E-state index contributed by atoms with van der Waals surface area (Å²) in [6.45, 7) is 4.94. The minimum atomic E-state index is -0.205. The van der Waals surface area contributed by atoms with Gasteiger partial charge in [0.25, 0.3) is 0 Å². The van der Waals surface area contributed by atoms with E-state index in [-0.39, 0.29) is 29.9 Å². The molecule has 6 nitrogen and oxygen atoms in total. The second-order valence-corrected chi connectivity index (χ2v) is 8.55. The molecule has 0 radical (unpaired) electrons. The van der Waals surface area contributed by atoms with Gasteiger partial charge in [-0.3, -0.25) is 9.79 Å². The molecule has 0 saturated carbocycles. The minimum Gasteiger partial charge on any atom is -0.371 e. The van der Waals surface area contributed by atoms with Gasteiger partial charge in [-0.15, -0.1) is 24.0 Å². The van der Waals surface area contributed by atoms with Gasteiger partial charge in [-0.05, 0) is 55.4 Å². The van der Waals surface area contributed by atoms with Crippen molar-refractivity contribution in [2.24, 2.45) is 22.6 Å². The highest BCUT2D eigenvalue weighted by Crippen LogP contribution is 2.25. The first kappa shape index (κ1) is 23.3. The van der Waals surface area contributed by atoms with Crippen LogP contribution in [0.2, 0.25) is 0 Å². The van der Waals surface area contributed by atoms with Crippen LogP contribution in [0.25, 0.3) is 0 Å². The summed E-state index contributed by atoms with van der Waals surface area (Å²) in [5.41, 5.74) is 6.66. The molecule has 2 saturated heterocycles. The number of hydrogen-bond donors (Lipinski definition) is 2. The monoisotopic (exact) mass is 563 g/mol. The van der Waals surface area contributed by atoms with Gasteiger partial charge in [0.05, 0.1) is 0 Å². The van der Waals surface area contributed by atoms with Crippen LogP contribution < -0.4 is 16.0 Å². The lowest BCUT2D eigenvalue weighted by Gasteiger charge is -2.35. The number of guanidine groups is 1. The third-order valence-corrected chi connectivity index (χ3v) is 6.08. The molecule has 8 heteroatoms. The van der Waals surface area contributed by atoms with Gasteiger partial charge < -0.3 is 20.9 Å². The molecule has 0 bridgehead atoms. The van der Waals surface area contributed by atoms with Crippen molar-refractivity contribution < 1.29 is 4.79 Å². The molecule has 156 valence electrons. The molecule has 3 N–H and O–H groups in total. The zero-order chi connectivity index (χ0) is 19.2. The van der Waals surface area contributed by atoms with Crippen LogP contribution in [0.15, 0.2) is 33.7 Å². The lowest BCUT2D eigenvalue weighted by molar-refractivity contribution is -0.119. The quantitative estimate of drug-likeness (QED) is 0.328. The van der Waals surface area contributed by atoms with E-state index in [1.807, 2.05) is 7.05 Å². The summed E-state index contributed by atoms with van der Waals surface area (Å²) in [5, 5.41) is 3.56. The van der Waals surface area contributed by atoms with Crippen molar-refractivity contribution in [2.75, 3.05) is 44.7 Å². The van der Waals surface area contributed by atoms with E-state index in [0.29, 0.717) is 18.3 Å². The Bertz CT molecular complexity index is 669. The van der Waals surface area contributed by atoms with Crippen LogP contribution in [0.1, 0.15) is 25.7 Å². The molecule has 3 rings (SSSR count). The zero-order valence-electron chi connectivity index (χ0n) is 16.4. The molecular formula is C20H31BrIN5O. The number of rotatable bonds is 5. The van der Waals surface area contributed by atoms with Gasteiger partial charge >= 0.3 is 0 Å². The van der Waals surface area contributed by atoms with E-state index >= 15 is 0 Å². The van der Waals surface area contributed by atoms with Gasteiger partial charge in [-0.1, -0.05) is 15.9 Å². The van der Waals surface area contributed by atoms with Gasteiger partial charge in [0.2, 0.25) is 5.91 Å². The highest BCUT2D eigenvalue weighted by Gasteiger charge is 2.26. The van der Waals surface area contributed by atoms with Crippen LogP contribution in [0, 0.1) is 11.8 Å². The predicted octanol–water partition coefficient (Wildman–Crippen LogP) is 3.06. The predicted molar refractivity (Wildman–Crippen MR) is 129 cm³/mol. The van der Waals surface area contributed by atoms with E-state index in [1.54, 1.807) is 0 Å². The Morgan fingerprint density at radius 1 is 1.21 bits per heavy atom. The second-order valence-electron chi connectivity index (χ2n) is 7.63. The molecule has 28 heavy (non-hydrogen) atoms. The number of piperidine rings is 1. The fourth-order valence-corrected chi connectivity index (χ4v) is 4.43. The molecular weight excluding hydrogens is 533 g/mol. The largest absolute Gasteiger partial charge is 0.371 e. The van der Waals surface area contributed by atoms with Gasteiger partial charge in [0.1, 0.15) is 0 Å². The van der Waals surface area contributed by atoms with Crippen LogP contribution in [0.5, 0.6) is 0 Å². The smallest absolute Gasteiger partial charge is 0.217 e. The third-order valence-electron chi connectivity index (χ3n) is 5.55. The highest BCUT2D eigenvalue weighted by atomic mass is 127. The number of carbonyl (C=O) groups excluding carboxylic acids is 1. The number of nitrogens with one attached hydrogen (secondary N) is 1. The van der Waals surface area contributed by atoms with Crippen LogP contribution in [-0.4, -0.2) is 56.5 Å². The van der Waals surface area contributed by atoms with E-state index in [2.05, 4.69) is 60.3 Å². The number of amides is 1. The Morgan fingerprint density at radius 2 is 1.96 bits per heavy atom.